The van der Waals surface area contributed by atoms with E-state index >= 15 is 0 Å². The molecule has 2 heterocycles. The van der Waals surface area contributed by atoms with Crippen LogP contribution < -0.4 is 5.32 Å². The topological polar surface area (TPSA) is 50.2 Å². The Morgan fingerprint density at radius 3 is 2.68 bits per heavy atom. The molecule has 1 saturated heterocycles. The largest absolute Gasteiger partial charge is 0.342 e. The molecule has 1 fully saturated rings. The van der Waals surface area contributed by atoms with Crippen molar-refractivity contribution in [1.82, 2.24) is 20.0 Å². The first kappa shape index (κ1) is 17.7. The maximum absolute atomic E-state index is 12.4. The number of carbonyl (C=O) groups excluding carboxylic acids is 1. The summed E-state index contributed by atoms with van der Waals surface area (Å²) in [5.41, 5.74) is 1.40. The number of rotatable bonds is 7. The maximum atomic E-state index is 12.4. The van der Waals surface area contributed by atoms with Crippen LogP contribution in [0.5, 0.6) is 0 Å². The van der Waals surface area contributed by atoms with Gasteiger partial charge in [-0.05, 0) is 43.7 Å². The van der Waals surface area contributed by atoms with Gasteiger partial charge < -0.3 is 10.2 Å². The van der Waals surface area contributed by atoms with E-state index in [4.69, 9.17) is 0 Å². The average molecular weight is 340 g/mol. The van der Waals surface area contributed by atoms with E-state index in [1.165, 1.54) is 5.56 Å². The number of nitrogens with one attached hydrogen (secondary N) is 1. The van der Waals surface area contributed by atoms with E-state index in [1.807, 2.05) is 21.8 Å². The second kappa shape index (κ2) is 8.81. The number of benzene rings is 1. The van der Waals surface area contributed by atoms with Crippen LogP contribution in [0, 0.1) is 5.92 Å². The molecule has 1 aliphatic heterocycles. The van der Waals surface area contributed by atoms with Crippen molar-refractivity contribution in [3.05, 3.63) is 54.4 Å². The first-order valence-electron chi connectivity index (χ1n) is 9.23. The van der Waals surface area contributed by atoms with Crippen LogP contribution >= 0.6 is 0 Å². The van der Waals surface area contributed by atoms with Crippen LogP contribution in [0.1, 0.15) is 25.3 Å². The molecule has 3 rings (SSSR count). The summed E-state index contributed by atoms with van der Waals surface area (Å²) < 4.78 is 1.89. The normalized spacial score (nSPS) is 16.8. The Labute approximate surface area is 150 Å². The monoisotopic (exact) mass is 340 g/mol. The van der Waals surface area contributed by atoms with Crippen LogP contribution in [0.25, 0.3) is 0 Å². The highest BCUT2D eigenvalue weighted by molar-refractivity contribution is 5.78. The van der Waals surface area contributed by atoms with Crippen molar-refractivity contribution in [3.63, 3.8) is 0 Å². The summed E-state index contributed by atoms with van der Waals surface area (Å²) in [6, 6.07) is 12.8. The zero-order chi connectivity index (χ0) is 17.5. The van der Waals surface area contributed by atoms with E-state index in [2.05, 4.69) is 47.7 Å². The molecule has 0 aliphatic carbocycles. The average Bonchev–Trinajstić information content (AvgIpc) is 3.14. The Bertz CT molecular complexity index is 633. The van der Waals surface area contributed by atoms with Crippen molar-refractivity contribution >= 4 is 5.91 Å². The lowest BCUT2D eigenvalue weighted by Gasteiger charge is -2.32. The van der Waals surface area contributed by atoms with Gasteiger partial charge in [0, 0.05) is 31.5 Å². The summed E-state index contributed by atoms with van der Waals surface area (Å²) in [5.74, 6) is 0.906. The minimum Gasteiger partial charge on any atom is -0.342 e. The highest BCUT2D eigenvalue weighted by Gasteiger charge is 2.23. The molecule has 0 spiro atoms. The quantitative estimate of drug-likeness (QED) is 0.842. The van der Waals surface area contributed by atoms with E-state index in [0.29, 0.717) is 12.5 Å². The summed E-state index contributed by atoms with van der Waals surface area (Å²) in [5, 5.41) is 7.51. The van der Waals surface area contributed by atoms with E-state index in [-0.39, 0.29) is 11.9 Å². The van der Waals surface area contributed by atoms with E-state index in [9.17, 15) is 4.79 Å². The molecule has 25 heavy (non-hydrogen) atoms. The molecular formula is C20H28N4O. The predicted molar refractivity (Wildman–Crippen MR) is 99.1 cm³/mol. The van der Waals surface area contributed by atoms with Crippen LogP contribution in [-0.4, -0.2) is 46.3 Å². The Morgan fingerprint density at radius 1 is 1.24 bits per heavy atom. The van der Waals surface area contributed by atoms with Crippen LogP contribution in [-0.2, 0) is 17.8 Å². The van der Waals surface area contributed by atoms with Crippen molar-refractivity contribution in [1.29, 1.82) is 0 Å². The first-order chi connectivity index (χ1) is 12.2. The first-order valence-corrected chi connectivity index (χ1v) is 9.23. The number of hydrogen-bond acceptors (Lipinski definition) is 3. The van der Waals surface area contributed by atoms with Crippen molar-refractivity contribution in [2.24, 2.45) is 5.92 Å². The summed E-state index contributed by atoms with van der Waals surface area (Å²) >= 11 is 0. The Kier molecular flexibility index (Phi) is 6.23. The van der Waals surface area contributed by atoms with Crippen molar-refractivity contribution in [2.45, 2.75) is 38.8 Å². The molecule has 0 bridgehead atoms. The van der Waals surface area contributed by atoms with Gasteiger partial charge in [0.15, 0.2) is 0 Å². The van der Waals surface area contributed by atoms with Crippen LogP contribution in [0.3, 0.4) is 0 Å². The molecule has 5 nitrogen and oxygen atoms in total. The minimum atomic E-state index is 0.213. The molecule has 1 atom stereocenters. The lowest BCUT2D eigenvalue weighted by Crippen LogP contribution is -2.45. The maximum Gasteiger partial charge on any atom is 0.236 e. The molecule has 1 amide bonds. The van der Waals surface area contributed by atoms with Crippen LogP contribution in [0.15, 0.2) is 48.8 Å². The van der Waals surface area contributed by atoms with Gasteiger partial charge in [-0.15, -0.1) is 0 Å². The SMILES string of the molecule is CC(Cn1cccn1)NCC(=O)N1CCC(Cc2ccccc2)CC1. The van der Waals surface area contributed by atoms with Gasteiger partial charge in [-0.25, -0.2) is 0 Å². The minimum absolute atomic E-state index is 0.213. The van der Waals surface area contributed by atoms with Gasteiger partial charge in [-0.2, -0.15) is 5.10 Å². The number of piperidine rings is 1. The zero-order valence-corrected chi connectivity index (χ0v) is 15.0. The van der Waals surface area contributed by atoms with Crippen molar-refractivity contribution in [2.75, 3.05) is 19.6 Å². The zero-order valence-electron chi connectivity index (χ0n) is 15.0. The van der Waals surface area contributed by atoms with Crippen molar-refractivity contribution < 1.29 is 4.79 Å². The smallest absolute Gasteiger partial charge is 0.236 e. The fourth-order valence-corrected chi connectivity index (χ4v) is 3.46. The molecule has 1 aromatic heterocycles. The van der Waals surface area contributed by atoms with Crippen molar-refractivity contribution in [3.8, 4) is 0 Å². The van der Waals surface area contributed by atoms with Gasteiger partial charge in [0.2, 0.25) is 5.91 Å². The fraction of sp³-hybridized carbons (Fsp3) is 0.500. The lowest BCUT2D eigenvalue weighted by atomic mass is 9.90. The molecule has 1 N–H and O–H groups in total. The van der Waals surface area contributed by atoms with Gasteiger partial charge in [-0.1, -0.05) is 30.3 Å². The Morgan fingerprint density at radius 2 is 2.00 bits per heavy atom. The summed E-state index contributed by atoms with van der Waals surface area (Å²) in [7, 11) is 0. The van der Waals surface area contributed by atoms with Gasteiger partial charge in [0.1, 0.15) is 0 Å². The summed E-state index contributed by atoms with van der Waals surface area (Å²) in [4.78, 5) is 14.4. The Balaban J connectivity index is 1.36. The Hall–Kier alpha value is -2.14. The van der Waals surface area contributed by atoms with E-state index in [1.54, 1.807) is 6.20 Å². The van der Waals surface area contributed by atoms with Gasteiger partial charge >= 0.3 is 0 Å². The molecule has 2 aromatic rings. The van der Waals surface area contributed by atoms with Crippen LogP contribution in [0.4, 0.5) is 0 Å². The van der Waals surface area contributed by atoms with E-state index < -0.39 is 0 Å². The summed E-state index contributed by atoms with van der Waals surface area (Å²) in [6.45, 7) is 5.03. The number of nitrogens with zero attached hydrogens (tertiary/aromatic N) is 3. The number of hydrogen-bond donors (Lipinski definition) is 1. The third-order valence-electron chi connectivity index (χ3n) is 4.96. The molecule has 0 radical (unpaired) electrons. The van der Waals surface area contributed by atoms with Gasteiger partial charge in [0.25, 0.3) is 0 Å². The third-order valence-corrected chi connectivity index (χ3v) is 4.96. The van der Waals surface area contributed by atoms with Gasteiger partial charge in [0.05, 0.1) is 13.1 Å². The second-order valence-corrected chi connectivity index (χ2v) is 7.02. The predicted octanol–water partition coefficient (Wildman–Crippen LogP) is 2.34. The standard InChI is InChI=1S/C20H28N4O/c1-17(16-24-11-5-10-22-24)21-15-20(25)23-12-8-19(9-13-23)14-18-6-3-2-4-7-18/h2-7,10-11,17,19,21H,8-9,12-16H2,1H3. The number of aromatic nitrogens is 2. The number of carbonyl (C=O) groups is 1. The third kappa shape index (κ3) is 5.43. The number of amides is 1. The highest BCUT2D eigenvalue weighted by atomic mass is 16.2. The van der Waals surface area contributed by atoms with E-state index in [0.717, 1.165) is 38.9 Å². The second-order valence-electron chi connectivity index (χ2n) is 7.02. The molecule has 5 heteroatoms. The fourth-order valence-electron chi connectivity index (χ4n) is 3.46. The molecule has 1 unspecified atom stereocenters. The number of likely N-dealkylation sites (tertiary alicyclic amines) is 1. The molecule has 1 aromatic carbocycles. The highest BCUT2D eigenvalue weighted by Crippen LogP contribution is 2.21. The van der Waals surface area contributed by atoms with Crippen LogP contribution in [0.2, 0.25) is 0 Å². The molecular weight excluding hydrogens is 312 g/mol. The van der Waals surface area contributed by atoms with Gasteiger partial charge in [-0.3, -0.25) is 9.48 Å². The lowest BCUT2D eigenvalue weighted by molar-refractivity contribution is -0.131. The molecule has 134 valence electrons. The molecule has 1 aliphatic rings. The molecule has 0 saturated carbocycles. The summed E-state index contributed by atoms with van der Waals surface area (Å²) in [6.07, 6.45) is 7.05.